The average Bonchev–Trinajstić information content (AvgIpc) is 3.30. The van der Waals surface area contributed by atoms with Gasteiger partial charge in [-0.2, -0.15) is 0 Å². The number of benzene rings is 1. The first-order valence-electron chi connectivity index (χ1n) is 8.30. The summed E-state index contributed by atoms with van der Waals surface area (Å²) in [6, 6.07) is 8.75. The minimum absolute atomic E-state index is 0.118. The molecular weight excluding hydrogens is 374 g/mol. The number of furan rings is 1. The predicted octanol–water partition coefficient (Wildman–Crippen LogP) is 4.03. The number of likely N-dealkylation sites (tertiary alicyclic amines) is 1. The molecular formula is C18H16ClN3O3S. The zero-order valence-electron chi connectivity index (χ0n) is 13.8. The van der Waals surface area contributed by atoms with Crippen LogP contribution in [0, 0.1) is 5.92 Å². The maximum Gasteiger partial charge on any atom is 0.289 e. The number of nitrogens with one attached hydrogen (secondary N) is 1. The monoisotopic (exact) mass is 389 g/mol. The van der Waals surface area contributed by atoms with E-state index in [1.807, 2.05) is 12.1 Å². The summed E-state index contributed by atoms with van der Waals surface area (Å²) in [6.07, 6.45) is 2.99. The molecule has 0 saturated carbocycles. The molecule has 134 valence electrons. The van der Waals surface area contributed by atoms with E-state index in [1.165, 1.54) is 17.6 Å². The predicted molar refractivity (Wildman–Crippen MR) is 101 cm³/mol. The van der Waals surface area contributed by atoms with E-state index in [1.54, 1.807) is 23.1 Å². The molecule has 0 radical (unpaired) electrons. The van der Waals surface area contributed by atoms with Crippen LogP contribution in [-0.4, -0.2) is 34.8 Å². The van der Waals surface area contributed by atoms with Gasteiger partial charge in [0.05, 0.1) is 22.4 Å². The lowest BCUT2D eigenvalue weighted by Gasteiger charge is -2.31. The van der Waals surface area contributed by atoms with E-state index in [0.29, 0.717) is 29.0 Å². The van der Waals surface area contributed by atoms with Crippen LogP contribution in [0.1, 0.15) is 23.4 Å². The first-order valence-corrected chi connectivity index (χ1v) is 9.49. The van der Waals surface area contributed by atoms with Crippen molar-refractivity contribution in [3.05, 3.63) is 47.4 Å². The van der Waals surface area contributed by atoms with E-state index in [4.69, 9.17) is 16.0 Å². The van der Waals surface area contributed by atoms with E-state index < -0.39 is 0 Å². The van der Waals surface area contributed by atoms with Gasteiger partial charge in [0, 0.05) is 18.1 Å². The standard InChI is InChI=1S/C18H16ClN3O3S/c19-12-5-6-13-15(9-12)26-18(20-13)21-16(23)11-3-1-7-22(10-11)17(24)14-4-2-8-25-14/h2,4-6,8-9,11H,1,3,7,10H2,(H,20,21,23). The number of halogens is 1. The number of fused-ring (bicyclic) bond motifs is 1. The lowest BCUT2D eigenvalue weighted by molar-refractivity contribution is -0.121. The first kappa shape index (κ1) is 17.1. The van der Waals surface area contributed by atoms with Gasteiger partial charge in [-0.1, -0.05) is 22.9 Å². The van der Waals surface area contributed by atoms with Gasteiger partial charge < -0.3 is 14.6 Å². The van der Waals surface area contributed by atoms with Crippen molar-refractivity contribution in [2.24, 2.45) is 5.92 Å². The quantitative estimate of drug-likeness (QED) is 0.733. The number of anilines is 1. The number of hydrogen-bond donors (Lipinski definition) is 1. The molecule has 1 fully saturated rings. The third-order valence-corrected chi connectivity index (χ3v) is 5.56. The molecule has 1 N–H and O–H groups in total. The van der Waals surface area contributed by atoms with E-state index in [-0.39, 0.29) is 17.7 Å². The number of nitrogens with zero attached hydrogens (tertiary/aromatic N) is 2. The topological polar surface area (TPSA) is 75.4 Å². The normalized spacial score (nSPS) is 17.4. The van der Waals surface area contributed by atoms with Crippen molar-refractivity contribution < 1.29 is 14.0 Å². The fourth-order valence-corrected chi connectivity index (χ4v) is 4.24. The second-order valence-electron chi connectivity index (χ2n) is 6.19. The molecule has 3 aromatic rings. The molecule has 1 aliphatic heterocycles. The number of rotatable bonds is 3. The van der Waals surface area contributed by atoms with Crippen molar-refractivity contribution in [2.75, 3.05) is 18.4 Å². The van der Waals surface area contributed by atoms with Gasteiger partial charge >= 0.3 is 0 Å². The highest BCUT2D eigenvalue weighted by atomic mass is 35.5. The van der Waals surface area contributed by atoms with Crippen molar-refractivity contribution in [1.29, 1.82) is 0 Å². The Morgan fingerprint density at radius 1 is 1.35 bits per heavy atom. The molecule has 4 rings (SSSR count). The van der Waals surface area contributed by atoms with Crippen molar-refractivity contribution in [3.63, 3.8) is 0 Å². The molecule has 1 aliphatic rings. The Morgan fingerprint density at radius 3 is 3.04 bits per heavy atom. The zero-order valence-corrected chi connectivity index (χ0v) is 15.3. The summed E-state index contributed by atoms with van der Waals surface area (Å²) in [6.45, 7) is 1.01. The lowest BCUT2D eigenvalue weighted by atomic mass is 9.97. The van der Waals surface area contributed by atoms with Crippen LogP contribution in [0.2, 0.25) is 5.02 Å². The van der Waals surface area contributed by atoms with Gasteiger partial charge in [0.1, 0.15) is 0 Å². The largest absolute Gasteiger partial charge is 0.459 e. The highest BCUT2D eigenvalue weighted by Gasteiger charge is 2.30. The van der Waals surface area contributed by atoms with Gasteiger partial charge in [-0.15, -0.1) is 0 Å². The number of hydrogen-bond acceptors (Lipinski definition) is 5. The Balaban J connectivity index is 1.44. The van der Waals surface area contributed by atoms with Gasteiger partial charge in [-0.3, -0.25) is 9.59 Å². The van der Waals surface area contributed by atoms with Gasteiger partial charge in [0.2, 0.25) is 5.91 Å². The third kappa shape index (κ3) is 3.45. The van der Waals surface area contributed by atoms with E-state index in [9.17, 15) is 9.59 Å². The van der Waals surface area contributed by atoms with Crippen LogP contribution in [0.15, 0.2) is 41.0 Å². The van der Waals surface area contributed by atoms with E-state index >= 15 is 0 Å². The molecule has 0 bridgehead atoms. The second-order valence-corrected chi connectivity index (χ2v) is 7.66. The van der Waals surface area contributed by atoms with Crippen LogP contribution in [-0.2, 0) is 4.79 Å². The Labute approximate surface area is 158 Å². The average molecular weight is 390 g/mol. The Kier molecular flexibility index (Phi) is 4.65. The Morgan fingerprint density at radius 2 is 2.23 bits per heavy atom. The number of thiazole rings is 1. The van der Waals surface area contributed by atoms with Crippen LogP contribution < -0.4 is 5.32 Å². The number of carbonyl (C=O) groups excluding carboxylic acids is 2. The molecule has 3 heterocycles. The molecule has 8 heteroatoms. The van der Waals surface area contributed by atoms with Crippen molar-refractivity contribution >= 4 is 50.1 Å². The fourth-order valence-electron chi connectivity index (χ4n) is 3.09. The van der Waals surface area contributed by atoms with Crippen LogP contribution in [0.3, 0.4) is 0 Å². The zero-order chi connectivity index (χ0) is 18.1. The summed E-state index contributed by atoms with van der Waals surface area (Å²) in [7, 11) is 0. The van der Waals surface area contributed by atoms with Gasteiger partial charge in [-0.25, -0.2) is 4.98 Å². The molecule has 1 saturated heterocycles. The molecule has 1 aromatic carbocycles. The summed E-state index contributed by atoms with van der Waals surface area (Å²) in [5.41, 5.74) is 0.799. The van der Waals surface area contributed by atoms with Gasteiger partial charge in [0.15, 0.2) is 10.9 Å². The fraction of sp³-hybridized carbons (Fsp3) is 0.278. The minimum Gasteiger partial charge on any atom is -0.459 e. The van der Waals surface area contributed by atoms with Crippen LogP contribution >= 0.6 is 22.9 Å². The number of carbonyl (C=O) groups is 2. The molecule has 0 aliphatic carbocycles. The van der Waals surface area contributed by atoms with Crippen LogP contribution in [0.5, 0.6) is 0 Å². The maximum absolute atomic E-state index is 12.6. The molecule has 1 atom stereocenters. The lowest BCUT2D eigenvalue weighted by Crippen LogP contribution is -2.43. The molecule has 1 unspecified atom stereocenters. The number of aromatic nitrogens is 1. The van der Waals surface area contributed by atoms with Gasteiger partial charge in [-0.05, 0) is 43.2 Å². The van der Waals surface area contributed by atoms with Crippen LogP contribution in [0.25, 0.3) is 10.2 Å². The van der Waals surface area contributed by atoms with Crippen LogP contribution in [0.4, 0.5) is 5.13 Å². The number of amides is 2. The van der Waals surface area contributed by atoms with Crippen molar-refractivity contribution in [3.8, 4) is 0 Å². The molecule has 2 amide bonds. The second kappa shape index (κ2) is 7.09. The Hall–Kier alpha value is -2.38. The molecule has 26 heavy (non-hydrogen) atoms. The number of piperidine rings is 1. The minimum atomic E-state index is -0.265. The van der Waals surface area contributed by atoms with Gasteiger partial charge in [0.25, 0.3) is 5.91 Å². The highest BCUT2D eigenvalue weighted by Crippen LogP contribution is 2.29. The van der Waals surface area contributed by atoms with E-state index in [0.717, 1.165) is 23.1 Å². The molecule has 0 spiro atoms. The summed E-state index contributed by atoms with van der Waals surface area (Å²) in [5.74, 6) is -0.262. The van der Waals surface area contributed by atoms with Crippen molar-refractivity contribution in [1.82, 2.24) is 9.88 Å². The Bertz CT molecular complexity index is 954. The summed E-state index contributed by atoms with van der Waals surface area (Å²) < 4.78 is 6.09. The van der Waals surface area contributed by atoms with Crippen molar-refractivity contribution in [2.45, 2.75) is 12.8 Å². The maximum atomic E-state index is 12.6. The smallest absolute Gasteiger partial charge is 0.289 e. The summed E-state index contributed by atoms with van der Waals surface area (Å²) in [4.78, 5) is 31.1. The van der Waals surface area contributed by atoms with E-state index in [2.05, 4.69) is 10.3 Å². The third-order valence-electron chi connectivity index (χ3n) is 4.39. The molecule has 6 nitrogen and oxygen atoms in total. The highest BCUT2D eigenvalue weighted by molar-refractivity contribution is 7.22. The molecule has 2 aromatic heterocycles. The summed E-state index contributed by atoms with van der Waals surface area (Å²) >= 11 is 7.38. The summed E-state index contributed by atoms with van der Waals surface area (Å²) in [5, 5.41) is 4.06. The first-order chi connectivity index (χ1) is 12.6. The SMILES string of the molecule is O=C(Nc1nc2ccc(Cl)cc2s1)C1CCCN(C(=O)c2ccco2)C1.